The minimum atomic E-state index is -0.602. The molecule has 2 aromatic carbocycles. The molecule has 27 heavy (non-hydrogen) atoms. The Morgan fingerprint density at radius 3 is 2.04 bits per heavy atom. The molecular formula is C22H27NO4. The van der Waals surface area contributed by atoms with Crippen LogP contribution in [0.15, 0.2) is 60.7 Å². The third-order valence-electron chi connectivity index (χ3n) is 3.70. The topological polar surface area (TPSA) is 64.6 Å². The molecule has 1 atom stereocenters. The summed E-state index contributed by atoms with van der Waals surface area (Å²) in [5.41, 5.74) is 1.34. The monoisotopic (exact) mass is 369 g/mol. The fourth-order valence-electron chi connectivity index (χ4n) is 2.55. The second-order valence-corrected chi connectivity index (χ2v) is 7.38. The highest BCUT2D eigenvalue weighted by Crippen LogP contribution is 2.11. The zero-order valence-electron chi connectivity index (χ0n) is 16.1. The molecule has 2 rings (SSSR count). The summed E-state index contributed by atoms with van der Waals surface area (Å²) >= 11 is 0. The second-order valence-electron chi connectivity index (χ2n) is 7.38. The fraction of sp³-hybridized carbons (Fsp3) is 0.364. The third-order valence-corrected chi connectivity index (χ3v) is 3.70. The minimum Gasteiger partial charge on any atom is -0.461 e. The van der Waals surface area contributed by atoms with Crippen LogP contribution >= 0.6 is 0 Å². The van der Waals surface area contributed by atoms with Crippen molar-refractivity contribution in [3.8, 4) is 0 Å². The predicted molar refractivity (Wildman–Crippen MR) is 104 cm³/mol. The van der Waals surface area contributed by atoms with E-state index in [1.165, 1.54) is 0 Å². The molecule has 0 aromatic heterocycles. The normalized spacial score (nSPS) is 12.1. The van der Waals surface area contributed by atoms with Crippen molar-refractivity contribution in [2.45, 2.75) is 51.9 Å². The number of alkyl carbamates (subject to hydrolysis) is 1. The summed E-state index contributed by atoms with van der Waals surface area (Å²) in [5.74, 6) is -0.365. The molecule has 0 radical (unpaired) electrons. The molecule has 0 saturated heterocycles. The fourth-order valence-corrected chi connectivity index (χ4v) is 2.55. The number of ether oxygens (including phenoxy) is 2. The van der Waals surface area contributed by atoms with Crippen molar-refractivity contribution in [3.63, 3.8) is 0 Å². The summed E-state index contributed by atoms with van der Waals surface area (Å²) in [5, 5.41) is 2.79. The summed E-state index contributed by atoms with van der Waals surface area (Å²) in [4.78, 5) is 24.4. The quantitative estimate of drug-likeness (QED) is 0.741. The average Bonchev–Trinajstić information content (AvgIpc) is 2.60. The molecule has 0 unspecified atom stereocenters. The van der Waals surface area contributed by atoms with E-state index in [0.29, 0.717) is 6.42 Å². The molecule has 5 heteroatoms. The maximum absolute atomic E-state index is 12.3. The van der Waals surface area contributed by atoms with Gasteiger partial charge in [0.05, 0.1) is 6.42 Å². The van der Waals surface area contributed by atoms with Gasteiger partial charge < -0.3 is 14.8 Å². The molecule has 0 spiro atoms. The van der Waals surface area contributed by atoms with Gasteiger partial charge in [0, 0.05) is 6.04 Å². The van der Waals surface area contributed by atoms with E-state index < -0.39 is 17.7 Å². The predicted octanol–water partition coefficient (Wildman–Crippen LogP) is 4.26. The first-order valence-electron chi connectivity index (χ1n) is 9.05. The zero-order valence-corrected chi connectivity index (χ0v) is 16.1. The van der Waals surface area contributed by atoms with Gasteiger partial charge in [-0.05, 0) is 38.3 Å². The maximum Gasteiger partial charge on any atom is 0.407 e. The molecule has 0 aliphatic heterocycles. The highest BCUT2D eigenvalue weighted by Gasteiger charge is 2.22. The lowest BCUT2D eigenvalue weighted by Crippen LogP contribution is -2.41. The molecule has 0 bridgehead atoms. The molecule has 1 amide bonds. The van der Waals surface area contributed by atoms with Gasteiger partial charge in [-0.2, -0.15) is 0 Å². The van der Waals surface area contributed by atoms with Gasteiger partial charge >= 0.3 is 12.1 Å². The Bertz CT molecular complexity index is 723. The number of carbonyl (C=O) groups is 2. The summed E-state index contributed by atoms with van der Waals surface area (Å²) in [7, 11) is 0. The van der Waals surface area contributed by atoms with E-state index in [4.69, 9.17) is 9.47 Å². The lowest BCUT2D eigenvalue weighted by atomic mass is 10.0. The van der Waals surface area contributed by atoms with Crippen LogP contribution in [0.25, 0.3) is 0 Å². The second kappa shape index (κ2) is 9.76. The highest BCUT2D eigenvalue weighted by molar-refractivity contribution is 5.73. The molecule has 1 N–H and O–H groups in total. The van der Waals surface area contributed by atoms with Crippen LogP contribution < -0.4 is 5.32 Å². The Labute approximate surface area is 160 Å². The van der Waals surface area contributed by atoms with Crippen molar-refractivity contribution in [2.75, 3.05) is 0 Å². The number of nitrogens with one attached hydrogen (secondary N) is 1. The third kappa shape index (κ3) is 8.40. The SMILES string of the molecule is CC(C)(C)OC(=O)N[C@H](CC(=O)OCc1ccccc1)Cc1ccccc1. The van der Waals surface area contributed by atoms with Gasteiger partial charge in [-0.25, -0.2) is 4.79 Å². The van der Waals surface area contributed by atoms with Crippen molar-refractivity contribution >= 4 is 12.1 Å². The lowest BCUT2D eigenvalue weighted by Gasteiger charge is -2.23. The summed E-state index contributed by atoms with van der Waals surface area (Å²) in [6, 6.07) is 18.8. The summed E-state index contributed by atoms with van der Waals surface area (Å²) in [6.07, 6.45) is 0.0425. The van der Waals surface area contributed by atoms with Crippen molar-refractivity contribution in [1.82, 2.24) is 5.32 Å². The van der Waals surface area contributed by atoms with Crippen molar-refractivity contribution in [1.29, 1.82) is 0 Å². The molecule has 5 nitrogen and oxygen atoms in total. The summed E-state index contributed by atoms with van der Waals surface area (Å²) < 4.78 is 10.7. The first kappa shape index (κ1) is 20.5. The smallest absolute Gasteiger partial charge is 0.407 e. The Kier molecular flexibility index (Phi) is 7.41. The van der Waals surface area contributed by atoms with E-state index >= 15 is 0 Å². The maximum atomic E-state index is 12.3. The Morgan fingerprint density at radius 2 is 1.48 bits per heavy atom. The number of amides is 1. The lowest BCUT2D eigenvalue weighted by molar-refractivity contribution is -0.145. The summed E-state index contributed by atoms with van der Waals surface area (Å²) in [6.45, 7) is 5.61. The van der Waals surface area contributed by atoms with Crippen LogP contribution in [-0.2, 0) is 27.3 Å². The van der Waals surface area contributed by atoms with Crippen LogP contribution in [0.5, 0.6) is 0 Å². The van der Waals surface area contributed by atoms with Gasteiger partial charge in [-0.1, -0.05) is 60.7 Å². The van der Waals surface area contributed by atoms with E-state index in [-0.39, 0.29) is 19.0 Å². The van der Waals surface area contributed by atoms with Gasteiger partial charge in [0.1, 0.15) is 12.2 Å². The van der Waals surface area contributed by atoms with Gasteiger partial charge in [-0.15, -0.1) is 0 Å². The molecule has 0 heterocycles. The van der Waals surface area contributed by atoms with E-state index in [0.717, 1.165) is 11.1 Å². The Morgan fingerprint density at radius 1 is 0.926 bits per heavy atom. The van der Waals surface area contributed by atoms with Gasteiger partial charge in [-0.3, -0.25) is 4.79 Å². The molecule has 0 saturated carbocycles. The van der Waals surface area contributed by atoms with Crippen LogP contribution in [0, 0.1) is 0 Å². The van der Waals surface area contributed by atoms with Crippen LogP contribution in [0.2, 0.25) is 0 Å². The van der Waals surface area contributed by atoms with Crippen LogP contribution in [0.4, 0.5) is 4.79 Å². The van der Waals surface area contributed by atoms with E-state index in [1.807, 2.05) is 60.7 Å². The van der Waals surface area contributed by atoms with Crippen LogP contribution in [0.1, 0.15) is 38.3 Å². The van der Waals surface area contributed by atoms with Crippen LogP contribution in [0.3, 0.4) is 0 Å². The number of hydrogen-bond donors (Lipinski definition) is 1. The molecule has 0 aliphatic rings. The largest absolute Gasteiger partial charge is 0.461 e. The number of carbonyl (C=O) groups excluding carboxylic acids is 2. The van der Waals surface area contributed by atoms with Gasteiger partial charge in [0.25, 0.3) is 0 Å². The highest BCUT2D eigenvalue weighted by atomic mass is 16.6. The van der Waals surface area contributed by atoms with Crippen molar-refractivity contribution < 1.29 is 19.1 Å². The minimum absolute atomic E-state index is 0.0704. The number of benzene rings is 2. The molecule has 2 aromatic rings. The van der Waals surface area contributed by atoms with E-state index in [2.05, 4.69) is 5.32 Å². The number of esters is 1. The van der Waals surface area contributed by atoms with E-state index in [9.17, 15) is 9.59 Å². The van der Waals surface area contributed by atoms with E-state index in [1.54, 1.807) is 20.8 Å². The zero-order chi connectivity index (χ0) is 19.7. The number of hydrogen-bond acceptors (Lipinski definition) is 4. The number of rotatable bonds is 7. The van der Waals surface area contributed by atoms with Crippen LogP contribution in [-0.4, -0.2) is 23.7 Å². The average molecular weight is 369 g/mol. The first-order valence-corrected chi connectivity index (χ1v) is 9.05. The molecule has 0 fully saturated rings. The molecular weight excluding hydrogens is 342 g/mol. The van der Waals surface area contributed by atoms with Crippen molar-refractivity contribution in [2.24, 2.45) is 0 Å². The van der Waals surface area contributed by atoms with Gasteiger partial charge in [0.2, 0.25) is 0 Å². The standard InChI is InChI=1S/C22H27NO4/c1-22(2,3)27-21(25)23-19(14-17-10-6-4-7-11-17)15-20(24)26-16-18-12-8-5-9-13-18/h4-13,19H,14-16H2,1-3H3,(H,23,25)/t19-/m0/s1. The molecule has 144 valence electrons. The Hall–Kier alpha value is -2.82. The first-order chi connectivity index (χ1) is 12.8. The van der Waals surface area contributed by atoms with Crippen molar-refractivity contribution in [3.05, 3.63) is 71.8 Å². The Balaban J connectivity index is 1.95. The molecule has 0 aliphatic carbocycles. The van der Waals surface area contributed by atoms with Gasteiger partial charge in [0.15, 0.2) is 0 Å².